The van der Waals surface area contributed by atoms with Gasteiger partial charge in [0.25, 0.3) is 0 Å². The molecule has 4 heteroatoms. The molecule has 0 bridgehead atoms. The van der Waals surface area contributed by atoms with Gasteiger partial charge in [-0.25, -0.2) is 0 Å². The molecule has 0 fully saturated rings. The van der Waals surface area contributed by atoms with E-state index in [0.29, 0.717) is 0 Å². The SMILES string of the molecule is COc1cc(C2CC=CO2)cc(OC)c1F. The van der Waals surface area contributed by atoms with Crippen molar-refractivity contribution in [3.05, 3.63) is 35.9 Å². The molecule has 3 nitrogen and oxygen atoms in total. The zero-order chi connectivity index (χ0) is 11.5. The van der Waals surface area contributed by atoms with Crippen molar-refractivity contribution in [1.82, 2.24) is 0 Å². The van der Waals surface area contributed by atoms with Crippen LogP contribution in [0.3, 0.4) is 0 Å². The van der Waals surface area contributed by atoms with Gasteiger partial charge in [0.15, 0.2) is 11.5 Å². The van der Waals surface area contributed by atoms with Crippen molar-refractivity contribution < 1.29 is 18.6 Å². The number of hydrogen-bond acceptors (Lipinski definition) is 3. The van der Waals surface area contributed by atoms with E-state index in [-0.39, 0.29) is 17.6 Å². The molecule has 0 spiro atoms. The summed E-state index contributed by atoms with van der Waals surface area (Å²) in [4.78, 5) is 0. The van der Waals surface area contributed by atoms with Gasteiger partial charge >= 0.3 is 0 Å². The van der Waals surface area contributed by atoms with Crippen molar-refractivity contribution in [2.75, 3.05) is 14.2 Å². The van der Waals surface area contributed by atoms with E-state index in [2.05, 4.69) is 0 Å². The van der Waals surface area contributed by atoms with Gasteiger partial charge in [-0.15, -0.1) is 0 Å². The lowest BCUT2D eigenvalue weighted by atomic mass is 10.1. The molecule has 1 aromatic rings. The van der Waals surface area contributed by atoms with Crippen molar-refractivity contribution in [2.24, 2.45) is 0 Å². The van der Waals surface area contributed by atoms with E-state index < -0.39 is 5.82 Å². The smallest absolute Gasteiger partial charge is 0.206 e. The fourth-order valence-electron chi connectivity index (χ4n) is 1.68. The number of halogens is 1. The molecule has 0 N–H and O–H groups in total. The predicted molar refractivity (Wildman–Crippen MR) is 57.1 cm³/mol. The highest BCUT2D eigenvalue weighted by atomic mass is 19.1. The molecular formula is C12H13FO3. The fraction of sp³-hybridized carbons (Fsp3) is 0.333. The first-order valence-electron chi connectivity index (χ1n) is 4.98. The first-order chi connectivity index (χ1) is 7.76. The third-order valence-corrected chi connectivity index (χ3v) is 2.53. The van der Waals surface area contributed by atoms with E-state index in [1.165, 1.54) is 14.2 Å². The molecule has 0 saturated carbocycles. The van der Waals surface area contributed by atoms with Crippen molar-refractivity contribution in [3.8, 4) is 11.5 Å². The third kappa shape index (κ3) is 1.83. The molecule has 2 rings (SSSR count). The van der Waals surface area contributed by atoms with Gasteiger partial charge in [0.1, 0.15) is 6.10 Å². The Kier molecular flexibility index (Phi) is 2.99. The van der Waals surface area contributed by atoms with Crippen LogP contribution in [0.5, 0.6) is 11.5 Å². The van der Waals surface area contributed by atoms with Crippen LogP contribution in [0.2, 0.25) is 0 Å². The zero-order valence-electron chi connectivity index (χ0n) is 9.20. The summed E-state index contributed by atoms with van der Waals surface area (Å²) in [6, 6.07) is 3.27. The standard InChI is InChI=1S/C12H13FO3/c1-14-10-6-8(9-4-3-5-16-9)7-11(15-2)12(10)13/h3,5-7,9H,4H2,1-2H3. The lowest BCUT2D eigenvalue weighted by Crippen LogP contribution is -2.00. The van der Waals surface area contributed by atoms with Crippen LogP contribution < -0.4 is 9.47 Å². The topological polar surface area (TPSA) is 27.7 Å². The van der Waals surface area contributed by atoms with Crippen LogP contribution >= 0.6 is 0 Å². The zero-order valence-corrected chi connectivity index (χ0v) is 9.20. The Balaban J connectivity index is 2.38. The number of methoxy groups -OCH3 is 2. The number of benzene rings is 1. The van der Waals surface area contributed by atoms with Gasteiger partial charge in [-0.2, -0.15) is 4.39 Å². The normalized spacial score (nSPS) is 18.3. The summed E-state index contributed by atoms with van der Waals surface area (Å²) in [6.45, 7) is 0. The molecule has 0 saturated heterocycles. The summed E-state index contributed by atoms with van der Waals surface area (Å²) < 4.78 is 28.9. The number of hydrogen-bond donors (Lipinski definition) is 0. The van der Waals surface area contributed by atoms with Gasteiger partial charge in [-0.05, 0) is 18.2 Å². The second kappa shape index (κ2) is 4.43. The van der Waals surface area contributed by atoms with Crippen molar-refractivity contribution in [3.63, 3.8) is 0 Å². The monoisotopic (exact) mass is 224 g/mol. The Bertz CT molecular complexity index is 382. The van der Waals surface area contributed by atoms with E-state index >= 15 is 0 Å². The number of rotatable bonds is 3. The molecule has 1 unspecified atom stereocenters. The Morgan fingerprint density at radius 3 is 2.31 bits per heavy atom. The average molecular weight is 224 g/mol. The van der Waals surface area contributed by atoms with Crippen LogP contribution in [0.1, 0.15) is 18.1 Å². The van der Waals surface area contributed by atoms with Gasteiger partial charge in [0.2, 0.25) is 5.82 Å². The molecule has 1 aromatic carbocycles. The molecule has 1 aliphatic rings. The maximum Gasteiger partial charge on any atom is 0.206 e. The summed E-state index contributed by atoms with van der Waals surface area (Å²) in [5, 5.41) is 0. The minimum atomic E-state index is -0.486. The summed E-state index contributed by atoms with van der Waals surface area (Å²) in [5.41, 5.74) is 0.847. The van der Waals surface area contributed by atoms with Gasteiger partial charge in [-0.3, -0.25) is 0 Å². The molecular weight excluding hydrogens is 211 g/mol. The second-order valence-electron chi connectivity index (χ2n) is 3.47. The second-order valence-corrected chi connectivity index (χ2v) is 3.47. The van der Waals surface area contributed by atoms with Crippen LogP contribution in [0.25, 0.3) is 0 Å². The molecule has 86 valence electrons. The first-order valence-corrected chi connectivity index (χ1v) is 4.98. The van der Waals surface area contributed by atoms with Crippen LogP contribution in [0.15, 0.2) is 24.5 Å². The van der Waals surface area contributed by atoms with E-state index in [1.807, 2.05) is 6.08 Å². The highest BCUT2D eigenvalue weighted by molar-refractivity contribution is 5.41. The molecule has 16 heavy (non-hydrogen) atoms. The molecule has 1 atom stereocenters. The van der Waals surface area contributed by atoms with Crippen molar-refractivity contribution in [1.29, 1.82) is 0 Å². The summed E-state index contributed by atoms with van der Waals surface area (Å²) >= 11 is 0. The Morgan fingerprint density at radius 1 is 1.25 bits per heavy atom. The highest BCUT2D eigenvalue weighted by Crippen LogP contribution is 2.35. The van der Waals surface area contributed by atoms with Crippen LogP contribution in [0.4, 0.5) is 4.39 Å². The highest BCUT2D eigenvalue weighted by Gasteiger charge is 2.19. The lowest BCUT2D eigenvalue weighted by molar-refractivity contribution is 0.172. The average Bonchev–Trinajstić information content (AvgIpc) is 2.83. The van der Waals surface area contributed by atoms with E-state index in [1.54, 1.807) is 18.4 Å². The Hall–Kier alpha value is -1.71. The molecule has 0 radical (unpaired) electrons. The minimum Gasteiger partial charge on any atom is -0.494 e. The predicted octanol–water partition coefficient (Wildman–Crippen LogP) is 2.82. The van der Waals surface area contributed by atoms with Crippen molar-refractivity contribution >= 4 is 0 Å². The van der Waals surface area contributed by atoms with Gasteiger partial charge in [0.05, 0.1) is 20.5 Å². The summed E-state index contributed by atoms with van der Waals surface area (Å²) in [6.07, 6.45) is 4.26. The Labute approximate surface area is 93.4 Å². The lowest BCUT2D eigenvalue weighted by Gasteiger charge is -2.14. The van der Waals surface area contributed by atoms with Gasteiger partial charge < -0.3 is 14.2 Å². The molecule has 0 amide bonds. The Morgan fingerprint density at radius 2 is 1.88 bits per heavy atom. The molecule has 0 aromatic heterocycles. The first kappa shape index (κ1) is 10.8. The summed E-state index contributed by atoms with van der Waals surface area (Å²) in [7, 11) is 2.85. The third-order valence-electron chi connectivity index (χ3n) is 2.53. The summed E-state index contributed by atoms with van der Waals surface area (Å²) in [5.74, 6) is -0.144. The van der Waals surface area contributed by atoms with Crippen LogP contribution in [-0.2, 0) is 4.74 Å². The van der Waals surface area contributed by atoms with E-state index in [9.17, 15) is 4.39 Å². The molecule has 1 aliphatic heterocycles. The fourth-order valence-corrected chi connectivity index (χ4v) is 1.68. The van der Waals surface area contributed by atoms with Gasteiger partial charge in [0, 0.05) is 12.0 Å². The number of ether oxygens (including phenoxy) is 3. The van der Waals surface area contributed by atoms with Gasteiger partial charge in [-0.1, -0.05) is 0 Å². The van der Waals surface area contributed by atoms with Crippen molar-refractivity contribution in [2.45, 2.75) is 12.5 Å². The largest absolute Gasteiger partial charge is 0.494 e. The van der Waals surface area contributed by atoms with Crippen LogP contribution in [-0.4, -0.2) is 14.2 Å². The maximum atomic E-state index is 13.6. The maximum absolute atomic E-state index is 13.6. The molecule has 0 aliphatic carbocycles. The van der Waals surface area contributed by atoms with E-state index in [4.69, 9.17) is 14.2 Å². The molecule has 1 heterocycles. The minimum absolute atomic E-state index is 0.0802. The quantitative estimate of drug-likeness (QED) is 0.790. The van der Waals surface area contributed by atoms with E-state index in [0.717, 1.165) is 12.0 Å². The van der Waals surface area contributed by atoms with Crippen LogP contribution in [0, 0.1) is 5.82 Å².